The molecule has 1 fully saturated rings. The van der Waals surface area contributed by atoms with E-state index in [1.807, 2.05) is 54.6 Å². The molecule has 2 unspecified atom stereocenters. The van der Waals surface area contributed by atoms with Crippen molar-refractivity contribution in [2.24, 2.45) is 5.92 Å². The van der Waals surface area contributed by atoms with Crippen molar-refractivity contribution in [2.45, 2.75) is 37.5 Å². The topological polar surface area (TPSA) is 93.6 Å². The van der Waals surface area contributed by atoms with Crippen LogP contribution in [0.1, 0.15) is 41.3 Å². The number of aromatic nitrogens is 2. The molecule has 1 N–H and O–H groups in total. The number of rotatable bonds is 9. The minimum atomic E-state index is -3.57. The van der Waals surface area contributed by atoms with Crippen molar-refractivity contribution in [1.82, 2.24) is 14.2 Å². The van der Waals surface area contributed by atoms with Gasteiger partial charge in [-0.25, -0.2) is 9.46 Å². The Bertz CT molecular complexity index is 1560. The van der Waals surface area contributed by atoms with E-state index in [0.29, 0.717) is 18.4 Å². The molecule has 1 aliphatic heterocycles. The Kier molecular flexibility index (Phi) is 9.02. The van der Waals surface area contributed by atoms with Crippen LogP contribution in [-0.2, 0) is 19.2 Å². The minimum Gasteiger partial charge on any atom is -0.352 e. The lowest BCUT2D eigenvalue weighted by Gasteiger charge is -2.48. The molecule has 4 atom stereocenters. The second kappa shape index (κ2) is 12.5. The summed E-state index contributed by atoms with van der Waals surface area (Å²) in [5, 5.41) is 0. The number of nitrogens with one attached hydrogen (secondary N) is 1. The van der Waals surface area contributed by atoms with E-state index in [-0.39, 0.29) is 12.5 Å². The van der Waals surface area contributed by atoms with Crippen LogP contribution in [0.15, 0.2) is 107 Å². The maximum absolute atomic E-state index is 13.1. The van der Waals surface area contributed by atoms with Gasteiger partial charge < -0.3 is 9.26 Å². The predicted molar refractivity (Wildman–Crippen MR) is 165 cm³/mol. The summed E-state index contributed by atoms with van der Waals surface area (Å²) in [7, 11) is 3.18. The average molecular weight is 608 g/mol. The van der Waals surface area contributed by atoms with E-state index in [2.05, 4.69) is 41.4 Å². The van der Waals surface area contributed by atoms with Gasteiger partial charge in [-0.3, -0.25) is 18.9 Å². The summed E-state index contributed by atoms with van der Waals surface area (Å²) in [5.41, 5.74) is 2.03. The molecular weight excluding hydrogens is 573 g/mol. The number of aromatic amines is 1. The third kappa shape index (κ3) is 5.96. The van der Waals surface area contributed by atoms with Crippen LogP contribution in [-0.4, -0.2) is 41.0 Å². The molecule has 1 aliphatic rings. The number of aryl methyl sites for hydroxylation is 1. The summed E-state index contributed by atoms with van der Waals surface area (Å²) >= 11 is 6.23. The molecule has 1 saturated heterocycles. The highest BCUT2D eigenvalue weighted by Crippen LogP contribution is 2.55. The highest BCUT2D eigenvalue weighted by molar-refractivity contribution is 7.83. The van der Waals surface area contributed by atoms with Crippen LogP contribution in [0.3, 0.4) is 0 Å². The second-order valence-corrected chi connectivity index (χ2v) is 14.1. The molecule has 0 aliphatic carbocycles. The fraction of sp³-hybridized carbons (Fsp3) is 0.312. The zero-order valence-electron chi connectivity index (χ0n) is 23.9. The molecule has 2 heterocycles. The first kappa shape index (κ1) is 30.2. The quantitative estimate of drug-likeness (QED) is 0.183. The van der Waals surface area contributed by atoms with Crippen LogP contribution in [0, 0.1) is 12.8 Å². The lowest BCUT2D eigenvalue weighted by Crippen LogP contribution is -2.47. The highest BCUT2D eigenvalue weighted by atomic mass is 35.7. The largest absolute Gasteiger partial charge is 0.362 e. The van der Waals surface area contributed by atoms with E-state index >= 15 is 0 Å². The number of hydrogen-bond acceptors (Lipinski definition) is 5. The van der Waals surface area contributed by atoms with Gasteiger partial charge in [0.05, 0.1) is 12.7 Å². The normalized spacial score (nSPS) is 20.7. The van der Waals surface area contributed by atoms with E-state index in [4.69, 9.17) is 20.5 Å². The zero-order chi connectivity index (χ0) is 29.9. The second-order valence-electron chi connectivity index (χ2n) is 10.9. The number of halogens is 1. The zero-order valence-corrected chi connectivity index (χ0v) is 25.5. The van der Waals surface area contributed by atoms with Crippen LogP contribution < -0.4 is 11.2 Å². The molecule has 3 aromatic carbocycles. The summed E-state index contributed by atoms with van der Waals surface area (Å²) in [6.45, 7) is -1.96. The smallest absolute Gasteiger partial charge is 0.352 e. The van der Waals surface area contributed by atoms with E-state index in [1.54, 1.807) is 21.0 Å². The molecule has 0 radical (unpaired) electrons. The van der Waals surface area contributed by atoms with Crippen LogP contribution in [0.25, 0.3) is 0 Å². The Morgan fingerprint density at radius 1 is 0.929 bits per heavy atom. The van der Waals surface area contributed by atoms with Crippen molar-refractivity contribution in [3.8, 4) is 0 Å². The first-order valence-corrected chi connectivity index (χ1v) is 16.4. The van der Waals surface area contributed by atoms with Gasteiger partial charge in [0.1, 0.15) is 6.23 Å². The molecule has 0 saturated carbocycles. The molecule has 5 rings (SSSR count). The van der Waals surface area contributed by atoms with Gasteiger partial charge >= 0.3 is 12.6 Å². The third-order valence-corrected chi connectivity index (χ3v) is 10.7. The molecule has 0 bridgehead atoms. The van der Waals surface area contributed by atoms with Crippen LogP contribution in [0.5, 0.6) is 0 Å². The minimum absolute atomic E-state index is 0.0442. The molecule has 0 spiro atoms. The molecule has 8 nitrogen and oxygen atoms in total. The van der Waals surface area contributed by atoms with Crippen molar-refractivity contribution >= 4 is 18.1 Å². The maximum atomic E-state index is 13.1. The summed E-state index contributed by atoms with van der Waals surface area (Å²) in [6.07, 6.45) is 1.22. The monoisotopic (exact) mass is 607 g/mol. The van der Waals surface area contributed by atoms with Crippen molar-refractivity contribution in [1.29, 1.82) is 0 Å². The van der Waals surface area contributed by atoms with E-state index in [1.165, 1.54) is 15.4 Å². The number of nitrogens with zero attached hydrogens (tertiary/aromatic N) is 2. The predicted octanol–water partition coefficient (Wildman–Crippen LogP) is 6.10. The van der Waals surface area contributed by atoms with Gasteiger partial charge in [0.25, 0.3) is 5.56 Å². The molecule has 220 valence electrons. The summed E-state index contributed by atoms with van der Waals surface area (Å²) < 4.78 is 27.9. The molecule has 42 heavy (non-hydrogen) atoms. The molecular formula is C32H35ClN3O5P. The van der Waals surface area contributed by atoms with Gasteiger partial charge in [0.2, 0.25) is 0 Å². The summed E-state index contributed by atoms with van der Waals surface area (Å²) in [6, 6.07) is 31.0. The lowest BCUT2D eigenvalue weighted by atomic mass is 9.59. The lowest BCUT2D eigenvalue weighted by molar-refractivity contribution is -0.129. The Morgan fingerprint density at radius 3 is 1.90 bits per heavy atom. The van der Waals surface area contributed by atoms with Crippen molar-refractivity contribution in [3.05, 3.63) is 140 Å². The fourth-order valence-electron chi connectivity index (χ4n) is 6.03. The number of benzene rings is 3. The summed E-state index contributed by atoms with van der Waals surface area (Å²) in [5.74, 6) is -0.120. The molecule has 10 heteroatoms. The Morgan fingerprint density at radius 2 is 1.43 bits per heavy atom. The van der Waals surface area contributed by atoms with Gasteiger partial charge in [-0.05, 0) is 67.7 Å². The standard InChI is InChI=1S/C32H35ClN3O5P/c1-23-21-36(31(38)34-30(23)37)29-20-27(19-28(41-29)22-40-42(33,39)35(2)3)32(24-13-7-4-8-14-24,25-15-9-5-10-16-25)26-17-11-6-12-18-26/h4-18,21,27-29H,19-20,22H2,1-3H3,(H,34,37,38)/t27?,28-,29+,42?/m0/s1. The van der Waals surface area contributed by atoms with Crippen LogP contribution in [0.2, 0.25) is 0 Å². The maximum Gasteiger partial charge on any atom is 0.362 e. The fourth-order valence-corrected chi connectivity index (χ4v) is 6.78. The molecule has 1 aromatic heterocycles. The Balaban J connectivity index is 1.70. The number of H-pyrrole nitrogens is 1. The Labute approximate surface area is 250 Å². The molecule has 4 aromatic rings. The Hall–Kier alpha value is -3.26. The first-order chi connectivity index (χ1) is 20.1. The molecule has 0 amide bonds. The van der Waals surface area contributed by atoms with Crippen molar-refractivity contribution < 1.29 is 13.8 Å². The van der Waals surface area contributed by atoms with E-state index < -0.39 is 35.9 Å². The third-order valence-electron chi connectivity index (χ3n) is 8.04. The van der Waals surface area contributed by atoms with Crippen molar-refractivity contribution in [2.75, 3.05) is 20.7 Å². The highest BCUT2D eigenvalue weighted by Gasteiger charge is 2.48. The van der Waals surface area contributed by atoms with Crippen LogP contribution in [0.4, 0.5) is 0 Å². The number of hydrogen-bond donors (Lipinski definition) is 1. The van der Waals surface area contributed by atoms with E-state index in [0.717, 1.165) is 16.7 Å². The van der Waals surface area contributed by atoms with Gasteiger partial charge in [-0.2, -0.15) is 0 Å². The van der Waals surface area contributed by atoms with Crippen LogP contribution >= 0.6 is 18.1 Å². The first-order valence-electron chi connectivity index (χ1n) is 13.9. The SMILES string of the molecule is Cc1cn([C@H]2CC(C(c3ccccc3)(c3ccccc3)c3ccccc3)C[C@@H](COP(=O)(Cl)N(C)C)O2)c(=O)[nH]c1=O. The van der Waals surface area contributed by atoms with Gasteiger partial charge in [0.15, 0.2) is 0 Å². The number of ether oxygens (including phenoxy) is 1. The van der Waals surface area contributed by atoms with Gasteiger partial charge in [-0.1, -0.05) is 91.0 Å². The van der Waals surface area contributed by atoms with Gasteiger partial charge in [0, 0.05) is 17.2 Å². The van der Waals surface area contributed by atoms with Gasteiger partial charge in [-0.15, -0.1) is 0 Å². The van der Waals surface area contributed by atoms with E-state index in [9.17, 15) is 14.2 Å². The van der Waals surface area contributed by atoms with Crippen molar-refractivity contribution in [3.63, 3.8) is 0 Å². The summed E-state index contributed by atoms with van der Waals surface area (Å²) in [4.78, 5) is 27.7. The average Bonchev–Trinajstić information content (AvgIpc) is 3.00.